The highest BCUT2D eigenvalue weighted by Crippen LogP contribution is 2.38. The van der Waals surface area contributed by atoms with Gasteiger partial charge in [-0.3, -0.25) is 0 Å². The van der Waals surface area contributed by atoms with Crippen LogP contribution in [0.25, 0.3) is 0 Å². The second-order valence-electron chi connectivity index (χ2n) is 6.08. The summed E-state index contributed by atoms with van der Waals surface area (Å²) in [7, 11) is 0. The van der Waals surface area contributed by atoms with E-state index in [2.05, 4.69) is 39.0 Å². The largest absolute Gasteiger partial charge is 0.371 e. The number of hydrogen-bond acceptors (Lipinski definition) is 2. The summed E-state index contributed by atoms with van der Waals surface area (Å²) in [6.07, 6.45) is 8.75. The zero-order chi connectivity index (χ0) is 13.3. The first-order valence-electron chi connectivity index (χ1n) is 7.53. The number of nitrogens with zero attached hydrogens (tertiary/aromatic N) is 1. The molecule has 0 bridgehead atoms. The molecule has 0 radical (unpaired) electrons. The Morgan fingerprint density at radius 2 is 1.68 bits per heavy atom. The highest BCUT2D eigenvalue weighted by molar-refractivity contribution is 9.10. The van der Waals surface area contributed by atoms with Crippen LogP contribution in [0.1, 0.15) is 50.5 Å². The molecule has 0 aromatic heterocycles. The van der Waals surface area contributed by atoms with Crippen molar-refractivity contribution in [1.82, 2.24) is 0 Å². The van der Waals surface area contributed by atoms with E-state index >= 15 is 0 Å². The fourth-order valence-electron chi connectivity index (χ4n) is 3.50. The number of anilines is 1. The van der Waals surface area contributed by atoms with Gasteiger partial charge in [0.25, 0.3) is 0 Å². The van der Waals surface area contributed by atoms with Crippen LogP contribution in [0.15, 0.2) is 22.7 Å². The molecule has 1 heterocycles. The molecular weight excluding hydrogens is 300 g/mol. The third-order valence-electron chi connectivity index (χ3n) is 4.72. The van der Waals surface area contributed by atoms with Gasteiger partial charge in [0.15, 0.2) is 0 Å². The van der Waals surface area contributed by atoms with Crippen molar-refractivity contribution >= 4 is 21.6 Å². The van der Waals surface area contributed by atoms with E-state index in [0.29, 0.717) is 0 Å². The molecule has 0 unspecified atom stereocenters. The van der Waals surface area contributed by atoms with Crippen LogP contribution in [0, 0.1) is 0 Å². The van der Waals surface area contributed by atoms with Gasteiger partial charge in [-0.15, -0.1) is 0 Å². The monoisotopic (exact) mass is 322 g/mol. The van der Waals surface area contributed by atoms with Crippen molar-refractivity contribution in [3.05, 3.63) is 28.2 Å². The van der Waals surface area contributed by atoms with Crippen LogP contribution in [0.4, 0.5) is 5.69 Å². The predicted octanol–water partition coefficient (Wildman–Crippen LogP) is 4.17. The molecule has 1 aliphatic heterocycles. The first-order chi connectivity index (χ1) is 9.19. The van der Waals surface area contributed by atoms with E-state index in [-0.39, 0.29) is 5.54 Å². The van der Waals surface area contributed by atoms with E-state index in [1.165, 1.54) is 60.9 Å². The molecule has 2 fully saturated rings. The number of benzene rings is 1. The minimum absolute atomic E-state index is 0.0929. The Bertz CT molecular complexity index is 446. The van der Waals surface area contributed by atoms with E-state index in [1.54, 1.807) is 0 Å². The molecule has 104 valence electrons. The summed E-state index contributed by atoms with van der Waals surface area (Å²) in [5, 5.41) is 0. The average molecular weight is 323 g/mol. The Balaban J connectivity index is 1.86. The van der Waals surface area contributed by atoms with Gasteiger partial charge in [-0.05, 0) is 59.3 Å². The van der Waals surface area contributed by atoms with Crippen LogP contribution in [0.5, 0.6) is 0 Å². The lowest BCUT2D eigenvalue weighted by Gasteiger charge is -2.34. The van der Waals surface area contributed by atoms with E-state index in [9.17, 15) is 0 Å². The Hall–Kier alpha value is -0.540. The summed E-state index contributed by atoms with van der Waals surface area (Å²) in [5.74, 6) is 0. The van der Waals surface area contributed by atoms with Crippen molar-refractivity contribution < 1.29 is 0 Å². The van der Waals surface area contributed by atoms with Crippen molar-refractivity contribution in [3.8, 4) is 0 Å². The van der Waals surface area contributed by atoms with Crippen molar-refractivity contribution in [2.45, 2.75) is 50.5 Å². The number of nitrogens with two attached hydrogens (primary N) is 1. The standard InChI is InChI=1S/C16H23BrN2/c17-14-12-13(16(18)8-2-1-3-9-16)6-7-15(14)19-10-4-5-11-19/h6-7,12H,1-5,8-11,18H2. The van der Waals surface area contributed by atoms with Gasteiger partial charge in [0.2, 0.25) is 0 Å². The maximum absolute atomic E-state index is 6.62. The fourth-order valence-corrected chi connectivity index (χ4v) is 4.13. The first kappa shape index (κ1) is 13.4. The van der Waals surface area contributed by atoms with Crippen molar-refractivity contribution in [2.75, 3.05) is 18.0 Å². The topological polar surface area (TPSA) is 29.3 Å². The molecule has 2 nitrogen and oxygen atoms in total. The molecule has 3 rings (SSSR count). The quantitative estimate of drug-likeness (QED) is 0.885. The van der Waals surface area contributed by atoms with Gasteiger partial charge >= 0.3 is 0 Å². The van der Waals surface area contributed by atoms with Gasteiger partial charge in [0.1, 0.15) is 0 Å². The third kappa shape index (κ3) is 2.68. The van der Waals surface area contributed by atoms with Gasteiger partial charge in [-0.25, -0.2) is 0 Å². The number of rotatable bonds is 2. The molecule has 0 spiro atoms. The van der Waals surface area contributed by atoms with Gasteiger partial charge in [-0.1, -0.05) is 25.3 Å². The van der Waals surface area contributed by atoms with Crippen molar-refractivity contribution in [3.63, 3.8) is 0 Å². The molecule has 2 N–H and O–H groups in total. The lowest BCUT2D eigenvalue weighted by Crippen LogP contribution is -2.38. The summed E-state index contributed by atoms with van der Waals surface area (Å²) < 4.78 is 1.21. The predicted molar refractivity (Wildman–Crippen MR) is 84.5 cm³/mol. The van der Waals surface area contributed by atoms with Crippen LogP contribution >= 0.6 is 15.9 Å². The summed E-state index contributed by atoms with van der Waals surface area (Å²) in [5.41, 5.74) is 9.17. The first-order valence-corrected chi connectivity index (χ1v) is 8.32. The molecular formula is C16H23BrN2. The van der Waals surface area contributed by atoms with Crippen LogP contribution in [0.2, 0.25) is 0 Å². The molecule has 1 aromatic rings. The van der Waals surface area contributed by atoms with Crippen molar-refractivity contribution in [2.24, 2.45) is 5.73 Å². The molecule has 2 aliphatic rings. The molecule has 1 aliphatic carbocycles. The van der Waals surface area contributed by atoms with Crippen LogP contribution < -0.4 is 10.6 Å². The Morgan fingerprint density at radius 3 is 2.32 bits per heavy atom. The van der Waals surface area contributed by atoms with Gasteiger partial charge in [-0.2, -0.15) is 0 Å². The number of halogens is 1. The minimum atomic E-state index is -0.0929. The van der Waals surface area contributed by atoms with E-state index in [4.69, 9.17) is 5.73 Å². The molecule has 19 heavy (non-hydrogen) atoms. The maximum Gasteiger partial charge on any atom is 0.0510 e. The summed E-state index contributed by atoms with van der Waals surface area (Å²) in [6.45, 7) is 2.37. The van der Waals surface area contributed by atoms with Gasteiger partial charge in [0.05, 0.1) is 5.69 Å². The van der Waals surface area contributed by atoms with Gasteiger partial charge < -0.3 is 10.6 Å². The zero-order valence-corrected chi connectivity index (χ0v) is 13.1. The molecule has 1 saturated heterocycles. The molecule has 0 atom stereocenters. The van der Waals surface area contributed by atoms with Crippen LogP contribution in [-0.2, 0) is 5.54 Å². The lowest BCUT2D eigenvalue weighted by molar-refractivity contribution is 0.302. The highest BCUT2D eigenvalue weighted by atomic mass is 79.9. The Labute approximate surface area is 124 Å². The molecule has 0 amide bonds. The SMILES string of the molecule is NC1(c2ccc(N3CCCC3)c(Br)c2)CCCCC1. The summed E-state index contributed by atoms with van der Waals surface area (Å²) in [4.78, 5) is 2.47. The van der Waals surface area contributed by atoms with E-state index < -0.39 is 0 Å². The van der Waals surface area contributed by atoms with Crippen LogP contribution in [-0.4, -0.2) is 13.1 Å². The summed E-state index contributed by atoms with van der Waals surface area (Å²) >= 11 is 3.75. The zero-order valence-electron chi connectivity index (χ0n) is 11.5. The number of hydrogen-bond donors (Lipinski definition) is 1. The second-order valence-corrected chi connectivity index (χ2v) is 6.93. The maximum atomic E-state index is 6.62. The normalized spacial score (nSPS) is 22.7. The van der Waals surface area contributed by atoms with Crippen LogP contribution in [0.3, 0.4) is 0 Å². The van der Waals surface area contributed by atoms with Crippen molar-refractivity contribution in [1.29, 1.82) is 0 Å². The molecule has 1 aromatic carbocycles. The molecule has 1 saturated carbocycles. The Morgan fingerprint density at radius 1 is 1.00 bits per heavy atom. The van der Waals surface area contributed by atoms with Gasteiger partial charge in [0, 0.05) is 23.1 Å². The lowest BCUT2D eigenvalue weighted by atomic mass is 9.77. The van der Waals surface area contributed by atoms with E-state index in [1.807, 2.05) is 0 Å². The third-order valence-corrected chi connectivity index (χ3v) is 5.35. The van der Waals surface area contributed by atoms with E-state index in [0.717, 1.165) is 12.8 Å². The smallest absolute Gasteiger partial charge is 0.0510 e. The Kier molecular flexibility index (Phi) is 3.86. The average Bonchev–Trinajstić information content (AvgIpc) is 2.93. The minimum Gasteiger partial charge on any atom is -0.371 e. The fraction of sp³-hybridized carbons (Fsp3) is 0.625. The summed E-state index contributed by atoms with van der Waals surface area (Å²) in [6, 6.07) is 6.77. The highest BCUT2D eigenvalue weighted by Gasteiger charge is 2.30. The molecule has 3 heteroatoms. The second kappa shape index (κ2) is 5.45.